The molecule has 0 spiro atoms. The quantitative estimate of drug-likeness (QED) is 0.820. The van der Waals surface area contributed by atoms with Crippen LogP contribution in [0.15, 0.2) is 36.4 Å². The van der Waals surface area contributed by atoms with Crippen molar-refractivity contribution in [3.05, 3.63) is 58.2 Å². The zero-order valence-electron chi connectivity index (χ0n) is 15.0. The number of benzene rings is 1. The maximum atomic E-state index is 12.5. The Bertz CT molecular complexity index is 717. The lowest BCUT2D eigenvalue weighted by Gasteiger charge is -2.25. The number of hydrogen-bond donors (Lipinski definition) is 1. The predicted octanol–water partition coefficient (Wildman–Crippen LogP) is 3.47. The van der Waals surface area contributed by atoms with Crippen LogP contribution in [0.2, 0.25) is 5.02 Å². The number of halogens is 1. The van der Waals surface area contributed by atoms with Crippen LogP contribution in [-0.4, -0.2) is 43.0 Å². The van der Waals surface area contributed by atoms with Gasteiger partial charge in [0.25, 0.3) is 5.91 Å². The van der Waals surface area contributed by atoms with Gasteiger partial charge in [0, 0.05) is 12.6 Å². The third kappa shape index (κ3) is 5.18. The lowest BCUT2D eigenvalue weighted by Crippen LogP contribution is -2.35. The van der Waals surface area contributed by atoms with Gasteiger partial charge in [-0.1, -0.05) is 41.4 Å². The standard InChI is InChI=1S/C19H24ClN3O2/c1-5-25-17-11-10-15(20)18(22-17)19(24)21-12-16(23(3)4)14-8-6-13(2)7-9-14/h6-11,16H,5,12H2,1-4H3,(H,21,24). The summed E-state index contributed by atoms with van der Waals surface area (Å²) in [6.45, 7) is 4.84. The maximum Gasteiger partial charge on any atom is 0.271 e. The second-order valence-corrected chi connectivity index (χ2v) is 6.42. The Morgan fingerprint density at radius 1 is 1.24 bits per heavy atom. The second-order valence-electron chi connectivity index (χ2n) is 6.01. The lowest BCUT2D eigenvalue weighted by atomic mass is 10.0. The highest BCUT2D eigenvalue weighted by Gasteiger charge is 2.18. The number of likely N-dealkylation sites (N-methyl/N-ethyl adjacent to an activating group) is 1. The van der Waals surface area contributed by atoms with Crippen molar-refractivity contribution in [3.63, 3.8) is 0 Å². The number of aromatic nitrogens is 1. The van der Waals surface area contributed by atoms with E-state index in [0.29, 0.717) is 24.1 Å². The third-order valence-electron chi connectivity index (χ3n) is 3.87. The Kier molecular flexibility index (Phi) is 6.79. The number of nitrogens with zero attached hydrogens (tertiary/aromatic N) is 2. The molecule has 0 saturated heterocycles. The molecule has 0 bridgehead atoms. The number of carbonyl (C=O) groups is 1. The molecule has 0 aliphatic rings. The van der Waals surface area contributed by atoms with E-state index >= 15 is 0 Å². The summed E-state index contributed by atoms with van der Waals surface area (Å²) in [6, 6.07) is 11.6. The van der Waals surface area contributed by atoms with E-state index < -0.39 is 0 Å². The number of aryl methyl sites for hydroxylation is 1. The fourth-order valence-electron chi connectivity index (χ4n) is 2.47. The number of hydrogen-bond acceptors (Lipinski definition) is 4. The summed E-state index contributed by atoms with van der Waals surface area (Å²) in [7, 11) is 3.97. The molecule has 0 aliphatic heterocycles. The fraction of sp³-hybridized carbons (Fsp3) is 0.368. The minimum absolute atomic E-state index is 0.0541. The largest absolute Gasteiger partial charge is 0.478 e. The van der Waals surface area contributed by atoms with E-state index in [1.807, 2.05) is 21.0 Å². The molecule has 134 valence electrons. The summed E-state index contributed by atoms with van der Waals surface area (Å²) in [4.78, 5) is 18.8. The van der Waals surface area contributed by atoms with Crippen molar-refractivity contribution in [3.8, 4) is 5.88 Å². The van der Waals surface area contributed by atoms with Gasteiger partial charge in [-0.25, -0.2) is 4.98 Å². The molecule has 0 fully saturated rings. The van der Waals surface area contributed by atoms with E-state index in [9.17, 15) is 4.79 Å². The monoisotopic (exact) mass is 361 g/mol. The molecule has 0 saturated carbocycles. The smallest absolute Gasteiger partial charge is 0.271 e. The fourth-order valence-corrected chi connectivity index (χ4v) is 2.66. The van der Waals surface area contributed by atoms with E-state index in [1.54, 1.807) is 12.1 Å². The summed E-state index contributed by atoms with van der Waals surface area (Å²) in [6.07, 6.45) is 0. The van der Waals surface area contributed by atoms with Crippen LogP contribution in [0.4, 0.5) is 0 Å². The van der Waals surface area contributed by atoms with Crippen LogP contribution in [0, 0.1) is 6.92 Å². The first-order valence-electron chi connectivity index (χ1n) is 8.23. The zero-order valence-corrected chi connectivity index (χ0v) is 15.8. The van der Waals surface area contributed by atoms with Crippen molar-refractivity contribution < 1.29 is 9.53 Å². The topological polar surface area (TPSA) is 54.5 Å². The molecular formula is C19H24ClN3O2. The molecule has 1 amide bonds. The van der Waals surface area contributed by atoms with Gasteiger partial charge in [-0.2, -0.15) is 0 Å². The Morgan fingerprint density at radius 2 is 1.92 bits per heavy atom. The summed E-state index contributed by atoms with van der Waals surface area (Å²) < 4.78 is 5.34. The first kappa shape index (κ1) is 19.2. The Hall–Kier alpha value is -2.11. The van der Waals surface area contributed by atoms with Gasteiger partial charge >= 0.3 is 0 Å². The molecule has 1 N–H and O–H groups in total. The SMILES string of the molecule is CCOc1ccc(Cl)c(C(=O)NCC(c2ccc(C)cc2)N(C)C)n1. The van der Waals surface area contributed by atoms with Crippen molar-refractivity contribution in [1.82, 2.24) is 15.2 Å². The van der Waals surface area contributed by atoms with Gasteiger partial charge in [0.2, 0.25) is 5.88 Å². The molecule has 1 atom stereocenters. The molecule has 2 rings (SSSR count). The highest BCUT2D eigenvalue weighted by molar-refractivity contribution is 6.33. The second kappa shape index (κ2) is 8.83. The van der Waals surface area contributed by atoms with Crippen LogP contribution in [-0.2, 0) is 0 Å². The summed E-state index contributed by atoms with van der Waals surface area (Å²) in [5.41, 5.74) is 2.51. The number of ether oxygens (including phenoxy) is 1. The highest BCUT2D eigenvalue weighted by atomic mass is 35.5. The van der Waals surface area contributed by atoms with E-state index in [2.05, 4.69) is 46.4 Å². The first-order chi connectivity index (χ1) is 11.9. The van der Waals surface area contributed by atoms with Gasteiger partial charge < -0.3 is 15.0 Å². The lowest BCUT2D eigenvalue weighted by molar-refractivity contribution is 0.0936. The Balaban J connectivity index is 2.11. The van der Waals surface area contributed by atoms with E-state index in [4.69, 9.17) is 16.3 Å². The van der Waals surface area contributed by atoms with Crippen molar-refractivity contribution in [2.75, 3.05) is 27.2 Å². The maximum absolute atomic E-state index is 12.5. The van der Waals surface area contributed by atoms with Gasteiger partial charge in [0.05, 0.1) is 17.7 Å². The Morgan fingerprint density at radius 3 is 2.52 bits per heavy atom. The molecule has 25 heavy (non-hydrogen) atoms. The van der Waals surface area contributed by atoms with Crippen LogP contribution in [0.3, 0.4) is 0 Å². The van der Waals surface area contributed by atoms with Crippen molar-refractivity contribution >= 4 is 17.5 Å². The third-order valence-corrected chi connectivity index (χ3v) is 4.17. The number of pyridine rings is 1. The minimum Gasteiger partial charge on any atom is -0.478 e. The number of carbonyl (C=O) groups excluding carboxylic acids is 1. The van der Waals surface area contributed by atoms with Gasteiger partial charge in [-0.3, -0.25) is 4.79 Å². The number of rotatable bonds is 7. The molecule has 6 heteroatoms. The molecule has 1 heterocycles. The molecule has 1 aromatic carbocycles. The predicted molar refractivity (Wildman–Crippen MR) is 100 cm³/mol. The summed E-state index contributed by atoms with van der Waals surface area (Å²) in [5.74, 6) is 0.0743. The molecule has 5 nitrogen and oxygen atoms in total. The molecular weight excluding hydrogens is 338 g/mol. The molecule has 1 aromatic heterocycles. The van der Waals surface area contributed by atoms with Crippen LogP contribution >= 0.6 is 11.6 Å². The van der Waals surface area contributed by atoms with Gasteiger partial charge in [-0.05, 0) is 39.6 Å². The van der Waals surface area contributed by atoms with Crippen molar-refractivity contribution in [2.24, 2.45) is 0 Å². The van der Waals surface area contributed by atoms with Crippen LogP contribution in [0.1, 0.15) is 34.6 Å². The Labute approximate surface area is 154 Å². The number of amides is 1. The van der Waals surface area contributed by atoms with Gasteiger partial charge in [-0.15, -0.1) is 0 Å². The van der Waals surface area contributed by atoms with Crippen LogP contribution in [0.5, 0.6) is 5.88 Å². The van der Waals surface area contributed by atoms with Crippen LogP contribution in [0.25, 0.3) is 0 Å². The first-order valence-corrected chi connectivity index (χ1v) is 8.60. The summed E-state index contributed by atoms with van der Waals surface area (Å²) >= 11 is 6.11. The minimum atomic E-state index is -0.314. The highest BCUT2D eigenvalue weighted by Crippen LogP contribution is 2.20. The van der Waals surface area contributed by atoms with E-state index in [-0.39, 0.29) is 17.6 Å². The molecule has 1 unspecified atom stereocenters. The van der Waals surface area contributed by atoms with Crippen molar-refractivity contribution in [1.29, 1.82) is 0 Å². The van der Waals surface area contributed by atoms with Crippen LogP contribution < -0.4 is 10.1 Å². The molecule has 0 aliphatic carbocycles. The van der Waals surface area contributed by atoms with E-state index in [0.717, 1.165) is 5.56 Å². The summed E-state index contributed by atoms with van der Waals surface area (Å²) in [5, 5.41) is 3.22. The average molecular weight is 362 g/mol. The number of nitrogens with one attached hydrogen (secondary N) is 1. The molecule has 0 radical (unpaired) electrons. The van der Waals surface area contributed by atoms with Gasteiger partial charge in [0.1, 0.15) is 0 Å². The van der Waals surface area contributed by atoms with E-state index in [1.165, 1.54) is 5.56 Å². The normalized spacial score (nSPS) is 12.1. The van der Waals surface area contributed by atoms with Crippen molar-refractivity contribution in [2.45, 2.75) is 19.9 Å². The molecule has 2 aromatic rings. The average Bonchev–Trinajstić information content (AvgIpc) is 2.58. The zero-order chi connectivity index (χ0) is 18.4. The van der Waals surface area contributed by atoms with Gasteiger partial charge in [0.15, 0.2) is 5.69 Å².